The maximum Gasteiger partial charge on any atom is 0.423 e. The molecule has 1 fully saturated rings. The Morgan fingerprint density at radius 1 is 1.19 bits per heavy atom. The fourth-order valence-corrected chi connectivity index (χ4v) is 2.81. The van der Waals surface area contributed by atoms with Crippen molar-refractivity contribution in [3.63, 3.8) is 0 Å². The first-order chi connectivity index (χ1) is 12.9. The zero-order chi connectivity index (χ0) is 19.3. The highest BCUT2D eigenvalue weighted by atomic mass is 19.4. The number of hydrazine groups is 1. The van der Waals surface area contributed by atoms with Gasteiger partial charge in [-0.05, 0) is 30.4 Å². The molecule has 144 valence electrons. The Kier molecular flexibility index (Phi) is 5.83. The molecular formula is C19H20F3N3O2. The normalized spacial score (nSPS) is 14.3. The fraction of sp³-hybridized carbons (Fsp3) is 0.368. The molecule has 27 heavy (non-hydrogen) atoms. The van der Waals surface area contributed by atoms with Crippen molar-refractivity contribution in [3.8, 4) is 5.75 Å². The van der Waals surface area contributed by atoms with E-state index in [-0.39, 0.29) is 18.3 Å². The highest BCUT2D eigenvalue weighted by molar-refractivity contribution is 5.77. The van der Waals surface area contributed by atoms with E-state index < -0.39 is 17.6 Å². The number of benzene rings is 1. The average Bonchev–Trinajstić information content (AvgIpc) is 2.61. The van der Waals surface area contributed by atoms with Gasteiger partial charge in [0, 0.05) is 12.6 Å². The van der Waals surface area contributed by atoms with Crippen molar-refractivity contribution in [2.45, 2.75) is 38.5 Å². The number of hydrogen-bond acceptors (Lipinski definition) is 4. The van der Waals surface area contributed by atoms with Crippen molar-refractivity contribution in [2.75, 3.05) is 5.43 Å². The Bertz CT molecular complexity index is 778. The summed E-state index contributed by atoms with van der Waals surface area (Å²) in [5.74, 6) is -0.889. The highest BCUT2D eigenvalue weighted by Crippen LogP contribution is 2.40. The summed E-state index contributed by atoms with van der Waals surface area (Å²) in [5.41, 5.74) is 4.30. The maximum absolute atomic E-state index is 13.6. The van der Waals surface area contributed by atoms with Gasteiger partial charge in [0.15, 0.2) is 5.82 Å². The van der Waals surface area contributed by atoms with Crippen molar-refractivity contribution in [1.29, 1.82) is 0 Å². The molecule has 1 aromatic heterocycles. The van der Waals surface area contributed by atoms with Gasteiger partial charge >= 0.3 is 6.18 Å². The summed E-state index contributed by atoms with van der Waals surface area (Å²) in [5, 5.41) is 0. The first-order valence-electron chi connectivity index (χ1n) is 8.71. The molecule has 3 rings (SSSR count). The molecule has 2 N–H and O–H groups in total. The minimum atomic E-state index is -4.69. The van der Waals surface area contributed by atoms with Crippen LogP contribution < -0.4 is 15.6 Å². The number of amides is 1. The third-order valence-corrected chi connectivity index (χ3v) is 4.45. The predicted octanol–water partition coefficient (Wildman–Crippen LogP) is 4.31. The lowest BCUT2D eigenvalue weighted by Crippen LogP contribution is -2.33. The molecule has 1 aliphatic rings. The van der Waals surface area contributed by atoms with Crippen LogP contribution in [0.1, 0.15) is 36.8 Å². The monoisotopic (exact) mass is 379 g/mol. The van der Waals surface area contributed by atoms with Crippen LogP contribution in [0, 0.1) is 5.92 Å². The van der Waals surface area contributed by atoms with Crippen molar-refractivity contribution in [3.05, 3.63) is 53.7 Å². The van der Waals surface area contributed by atoms with Gasteiger partial charge in [0.2, 0.25) is 5.91 Å². The number of aromatic nitrogens is 1. The van der Waals surface area contributed by atoms with Crippen LogP contribution >= 0.6 is 0 Å². The Hall–Kier alpha value is -2.77. The summed E-state index contributed by atoms with van der Waals surface area (Å²) in [6, 6.07) is 10.0. The van der Waals surface area contributed by atoms with Crippen molar-refractivity contribution < 1.29 is 22.7 Å². The zero-order valence-electron chi connectivity index (χ0n) is 14.6. The fourth-order valence-electron chi connectivity index (χ4n) is 2.81. The molecule has 0 atom stereocenters. The third kappa shape index (κ3) is 5.12. The van der Waals surface area contributed by atoms with Crippen LogP contribution in [0.25, 0.3) is 0 Å². The van der Waals surface area contributed by atoms with Crippen LogP contribution in [-0.4, -0.2) is 10.9 Å². The standard InChI is InChI=1S/C19H20F3N3O2/c20-19(21,22)17-15(27-12-14-5-2-1-3-6-14)9-10-23-18(17)25-24-16(26)11-13-7-4-8-13/h1-3,5-6,9-10,13H,4,7-8,11-12H2,(H,23,25)(H,24,26). The number of hydrogen-bond donors (Lipinski definition) is 2. The summed E-state index contributed by atoms with van der Waals surface area (Å²) in [6.07, 6.45) is -0.160. The topological polar surface area (TPSA) is 63.2 Å². The molecular weight excluding hydrogens is 359 g/mol. The van der Waals surface area contributed by atoms with Gasteiger partial charge < -0.3 is 4.74 Å². The zero-order valence-corrected chi connectivity index (χ0v) is 14.6. The van der Waals surface area contributed by atoms with Crippen LogP contribution in [0.5, 0.6) is 5.75 Å². The number of anilines is 1. The van der Waals surface area contributed by atoms with Crippen LogP contribution in [0.4, 0.5) is 19.0 Å². The summed E-state index contributed by atoms with van der Waals surface area (Å²) in [4.78, 5) is 15.6. The van der Waals surface area contributed by atoms with E-state index >= 15 is 0 Å². The Morgan fingerprint density at radius 2 is 1.93 bits per heavy atom. The smallest absolute Gasteiger partial charge is 0.423 e. The van der Waals surface area contributed by atoms with Gasteiger partial charge in [0.05, 0.1) is 0 Å². The molecule has 1 amide bonds. The lowest BCUT2D eigenvalue weighted by atomic mass is 9.83. The molecule has 2 aromatic rings. The SMILES string of the molecule is O=C(CC1CCC1)NNc1nccc(OCc2ccccc2)c1C(F)(F)F. The molecule has 0 aliphatic heterocycles. The second-order valence-electron chi connectivity index (χ2n) is 6.48. The number of rotatable bonds is 7. The van der Waals surface area contributed by atoms with Gasteiger partial charge in [-0.2, -0.15) is 13.2 Å². The second kappa shape index (κ2) is 8.28. The Morgan fingerprint density at radius 3 is 2.56 bits per heavy atom. The highest BCUT2D eigenvalue weighted by Gasteiger charge is 2.38. The first-order valence-corrected chi connectivity index (χ1v) is 8.71. The number of nitrogens with zero attached hydrogens (tertiary/aromatic N) is 1. The molecule has 0 saturated heterocycles. The van der Waals surface area contributed by atoms with Crippen molar-refractivity contribution in [2.24, 2.45) is 5.92 Å². The Balaban J connectivity index is 1.71. The molecule has 0 unspecified atom stereocenters. The van der Waals surface area contributed by atoms with Gasteiger partial charge in [-0.25, -0.2) is 4.98 Å². The van der Waals surface area contributed by atoms with E-state index in [1.165, 1.54) is 6.20 Å². The molecule has 1 aliphatic carbocycles. The Labute approximate surface area is 154 Å². The quantitative estimate of drug-likeness (QED) is 0.704. The third-order valence-electron chi connectivity index (χ3n) is 4.45. The van der Waals surface area contributed by atoms with Gasteiger partial charge in [0.25, 0.3) is 0 Å². The molecule has 8 heteroatoms. The summed E-state index contributed by atoms with van der Waals surface area (Å²) >= 11 is 0. The number of nitrogens with one attached hydrogen (secondary N) is 2. The number of carbonyl (C=O) groups excluding carboxylic acids is 1. The van der Waals surface area contributed by atoms with E-state index in [0.717, 1.165) is 30.9 Å². The minimum Gasteiger partial charge on any atom is -0.488 e. The number of pyridine rings is 1. The van der Waals surface area contributed by atoms with Gasteiger partial charge in [-0.3, -0.25) is 15.6 Å². The van der Waals surface area contributed by atoms with Gasteiger partial charge in [-0.1, -0.05) is 36.8 Å². The van der Waals surface area contributed by atoms with Crippen LogP contribution in [0.3, 0.4) is 0 Å². The largest absolute Gasteiger partial charge is 0.488 e. The van der Waals surface area contributed by atoms with Gasteiger partial charge in [-0.15, -0.1) is 0 Å². The van der Waals surface area contributed by atoms with Crippen molar-refractivity contribution in [1.82, 2.24) is 10.4 Å². The summed E-state index contributed by atoms with van der Waals surface area (Å²) < 4.78 is 46.1. The first kappa shape index (κ1) is 19.0. The van der Waals surface area contributed by atoms with Crippen LogP contribution in [0.15, 0.2) is 42.6 Å². The molecule has 5 nitrogen and oxygen atoms in total. The lowest BCUT2D eigenvalue weighted by molar-refractivity contribution is -0.138. The molecule has 0 radical (unpaired) electrons. The van der Waals surface area contributed by atoms with Crippen molar-refractivity contribution >= 4 is 11.7 Å². The summed E-state index contributed by atoms with van der Waals surface area (Å²) in [7, 11) is 0. The lowest BCUT2D eigenvalue weighted by Gasteiger charge is -2.24. The molecule has 1 heterocycles. The van der Waals surface area contributed by atoms with E-state index in [2.05, 4.69) is 15.8 Å². The van der Waals surface area contributed by atoms with E-state index in [0.29, 0.717) is 12.3 Å². The van der Waals surface area contributed by atoms with Crippen LogP contribution in [-0.2, 0) is 17.6 Å². The summed E-state index contributed by atoms with van der Waals surface area (Å²) in [6.45, 7) is -0.0125. The number of carbonyl (C=O) groups is 1. The van der Waals surface area contributed by atoms with E-state index in [4.69, 9.17) is 4.74 Å². The van der Waals surface area contributed by atoms with E-state index in [9.17, 15) is 18.0 Å². The second-order valence-corrected chi connectivity index (χ2v) is 6.48. The van der Waals surface area contributed by atoms with Gasteiger partial charge in [0.1, 0.15) is 17.9 Å². The molecule has 1 aromatic carbocycles. The maximum atomic E-state index is 13.6. The van der Waals surface area contributed by atoms with E-state index in [1.807, 2.05) is 6.07 Å². The predicted molar refractivity (Wildman–Crippen MR) is 93.7 cm³/mol. The number of ether oxygens (including phenoxy) is 1. The molecule has 0 bridgehead atoms. The molecule has 0 spiro atoms. The number of halogens is 3. The minimum absolute atomic E-state index is 0.0125. The van der Waals surface area contributed by atoms with Crippen LogP contribution in [0.2, 0.25) is 0 Å². The molecule has 1 saturated carbocycles. The van der Waals surface area contributed by atoms with E-state index in [1.54, 1.807) is 24.3 Å². The average molecular weight is 379 g/mol. The number of alkyl halides is 3.